The van der Waals surface area contributed by atoms with Gasteiger partial charge in [-0.05, 0) is 18.2 Å². The molecular weight excluding hydrogens is 254 g/mol. The molecule has 1 amide bonds. The molecule has 0 unspecified atom stereocenters. The maximum absolute atomic E-state index is 12.0. The fraction of sp³-hybridized carbons (Fsp3) is 0.333. The molecule has 2 rings (SSSR count). The number of nitrogens with zero attached hydrogens (tertiary/aromatic N) is 2. The Kier molecular flexibility index (Phi) is 4.40. The molecule has 0 saturated heterocycles. The van der Waals surface area contributed by atoms with Gasteiger partial charge in [0.15, 0.2) is 5.89 Å². The molecule has 0 aliphatic heterocycles. The molecule has 106 valence electrons. The Morgan fingerprint density at radius 1 is 1.40 bits per heavy atom. The van der Waals surface area contributed by atoms with Crippen LogP contribution in [0.25, 0.3) is 0 Å². The minimum Gasteiger partial charge on any atom is -0.449 e. The van der Waals surface area contributed by atoms with Crippen LogP contribution in [-0.4, -0.2) is 31.5 Å². The lowest BCUT2D eigenvalue weighted by molar-refractivity contribution is 0.0954. The zero-order valence-corrected chi connectivity index (χ0v) is 12.0. The summed E-state index contributed by atoms with van der Waals surface area (Å²) in [4.78, 5) is 18.2. The molecule has 1 N–H and O–H groups in total. The number of rotatable bonds is 5. The molecular formula is C15H19N3O2. The summed E-state index contributed by atoms with van der Waals surface area (Å²) in [5, 5.41) is 2.88. The van der Waals surface area contributed by atoms with Crippen molar-refractivity contribution in [3.05, 3.63) is 47.7 Å². The highest BCUT2D eigenvalue weighted by molar-refractivity contribution is 5.95. The molecule has 0 fully saturated rings. The molecule has 0 radical (unpaired) electrons. The van der Waals surface area contributed by atoms with E-state index in [2.05, 4.69) is 10.3 Å². The zero-order chi connectivity index (χ0) is 14.5. The number of benzene rings is 1. The van der Waals surface area contributed by atoms with Gasteiger partial charge in [0.05, 0.1) is 5.69 Å². The van der Waals surface area contributed by atoms with Gasteiger partial charge in [0.2, 0.25) is 0 Å². The van der Waals surface area contributed by atoms with Gasteiger partial charge in [0.25, 0.3) is 5.91 Å². The lowest BCUT2D eigenvalue weighted by atomic mass is 10.2. The molecule has 2 aromatic rings. The van der Waals surface area contributed by atoms with Crippen LogP contribution < -0.4 is 10.2 Å². The van der Waals surface area contributed by atoms with Crippen LogP contribution in [0.15, 0.2) is 34.9 Å². The first kappa shape index (κ1) is 14.1. The van der Waals surface area contributed by atoms with E-state index in [1.54, 1.807) is 13.2 Å². The Labute approximate surface area is 118 Å². The Morgan fingerprint density at radius 2 is 2.20 bits per heavy atom. The van der Waals surface area contributed by atoms with E-state index in [0.717, 1.165) is 11.4 Å². The maximum Gasteiger partial charge on any atom is 0.251 e. The largest absolute Gasteiger partial charge is 0.449 e. The van der Waals surface area contributed by atoms with Crippen LogP contribution in [0, 0.1) is 6.92 Å². The number of aromatic nitrogens is 1. The highest BCUT2D eigenvalue weighted by atomic mass is 16.3. The summed E-state index contributed by atoms with van der Waals surface area (Å²) in [6.45, 7) is 2.34. The van der Waals surface area contributed by atoms with E-state index in [0.29, 0.717) is 24.4 Å². The standard InChI is InChI=1S/C15H19N3O2/c1-11-17-13(10-20-11)7-8-16-15(19)12-5-4-6-14(9-12)18(2)3/h4-6,9-10H,7-8H2,1-3H3,(H,16,19). The monoisotopic (exact) mass is 273 g/mol. The smallest absolute Gasteiger partial charge is 0.251 e. The average Bonchev–Trinajstić information content (AvgIpc) is 2.84. The molecule has 0 atom stereocenters. The van der Waals surface area contributed by atoms with Gasteiger partial charge in [0, 0.05) is 45.2 Å². The van der Waals surface area contributed by atoms with Crippen LogP contribution in [0.4, 0.5) is 5.69 Å². The Bertz CT molecular complexity index is 590. The predicted molar refractivity (Wildman–Crippen MR) is 78.0 cm³/mol. The number of nitrogens with one attached hydrogen (secondary N) is 1. The van der Waals surface area contributed by atoms with Crippen molar-refractivity contribution in [2.45, 2.75) is 13.3 Å². The second-order valence-corrected chi connectivity index (χ2v) is 4.81. The maximum atomic E-state index is 12.0. The van der Waals surface area contributed by atoms with Crippen molar-refractivity contribution in [1.82, 2.24) is 10.3 Å². The topological polar surface area (TPSA) is 58.4 Å². The highest BCUT2D eigenvalue weighted by Gasteiger charge is 2.07. The highest BCUT2D eigenvalue weighted by Crippen LogP contribution is 2.13. The first-order chi connectivity index (χ1) is 9.56. The lowest BCUT2D eigenvalue weighted by Crippen LogP contribution is -2.26. The molecule has 1 aromatic heterocycles. The van der Waals surface area contributed by atoms with Gasteiger partial charge < -0.3 is 14.6 Å². The first-order valence-electron chi connectivity index (χ1n) is 6.53. The Balaban J connectivity index is 1.90. The average molecular weight is 273 g/mol. The Hall–Kier alpha value is -2.30. The number of anilines is 1. The first-order valence-corrected chi connectivity index (χ1v) is 6.53. The summed E-state index contributed by atoms with van der Waals surface area (Å²) >= 11 is 0. The van der Waals surface area contributed by atoms with Crippen LogP contribution >= 0.6 is 0 Å². The fourth-order valence-corrected chi connectivity index (χ4v) is 1.85. The van der Waals surface area contributed by atoms with Crippen molar-refractivity contribution >= 4 is 11.6 Å². The van der Waals surface area contributed by atoms with E-state index >= 15 is 0 Å². The second-order valence-electron chi connectivity index (χ2n) is 4.81. The molecule has 0 spiro atoms. The van der Waals surface area contributed by atoms with Gasteiger partial charge >= 0.3 is 0 Å². The van der Waals surface area contributed by atoms with Gasteiger partial charge in [-0.1, -0.05) is 6.07 Å². The molecule has 1 aromatic carbocycles. The van der Waals surface area contributed by atoms with Gasteiger partial charge in [-0.3, -0.25) is 4.79 Å². The third-order valence-electron chi connectivity index (χ3n) is 2.96. The van der Waals surface area contributed by atoms with Gasteiger partial charge in [-0.2, -0.15) is 0 Å². The molecule has 0 bridgehead atoms. The van der Waals surface area contributed by atoms with Crippen molar-refractivity contribution < 1.29 is 9.21 Å². The second kappa shape index (κ2) is 6.23. The zero-order valence-electron chi connectivity index (χ0n) is 12.0. The van der Waals surface area contributed by atoms with Crippen molar-refractivity contribution in [3.63, 3.8) is 0 Å². The molecule has 5 nitrogen and oxygen atoms in total. The number of amides is 1. The molecule has 20 heavy (non-hydrogen) atoms. The quantitative estimate of drug-likeness (QED) is 0.905. The number of hydrogen-bond donors (Lipinski definition) is 1. The summed E-state index contributed by atoms with van der Waals surface area (Å²) in [5.74, 6) is 0.568. The summed E-state index contributed by atoms with van der Waals surface area (Å²) in [6.07, 6.45) is 2.28. The number of carbonyl (C=O) groups is 1. The van der Waals surface area contributed by atoms with Gasteiger partial charge in [-0.25, -0.2) is 4.98 Å². The summed E-state index contributed by atoms with van der Waals surface area (Å²) in [5.41, 5.74) is 2.52. The number of hydrogen-bond acceptors (Lipinski definition) is 4. The van der Waals surface area contributed by atoms with Crippen molar-refractivity contribution in [1.29, 1.82) is 0 Å². The van der Waals surface area contributed by atoms with Crippen molar-refractivity contribution in [3.8, 4) is 0 Å². The van der Waals surface area contributed by atoms with E-state index in [-0.39, 0.29) is 5.91 Å². The fourth-order valence-electron chi connectivity index (χ4n) is 1.85. The summed E-state index contributed by atoms with van der Waals surface area (Å²) < 4.78 is 5.12. The van der Waals surface area contributed by atoms with Gasteiger partial charge in [-0.15, -0.1) is 0 Å². The third kappa shape index (κ3) is 3.60. The summed E-state index contributed by atoms with van der Waals surface area (Å²) in [6, 6.07) is 7.53. The molecule has 0 aliphatic rings. The molecule has 0 aliphatic carbocycles. The van der Waals surface area contributed by atoms with E-state index in [1.165, 1.54) is 0 Å². The molecule has 5 heteroatoms. The van der Waals surface area contributed by atoms with Crippen LogP contribution in [0.3, 0.4) is 0 Å². The number of oxazole rings is 1. The van der Waals surface area contributed by atoms with Gasteiger partial charge in [0.1, 0.15) is 6.26 Å². The minimum absolute atomic E-state index is 0.0751. The predicted octanol–water partition coefficient (Wildman–Crippen LogP) is 2.02. The minimum atomic E-state index is -0.0751. The lowest BCUT2D eigenvalue weighted by Gasteiger charge is -2.13. The van der Waals surface area contributed by atoms with Crippen molar-refractivity contribution in [2.75, 3.05) is 25.5 Å². The van der Waals surface area contributed by atoms with Crippen LogP contribution in [0.5, 0.6) is 0 Å². The Morgan fingerprint density at radius 3 is 2.85 bits per heavy atom. The molecule has 1 heterocycles. The third-order valence-corrected chi connectivity index (χ3v) is 2.96. The van der Waals surface area contributed by atoms with Crippen LogP contribution in [0.2, 0.25) is 0 Å². The number of aryl methyl sites for hydroxylation is 1. The number of carbonyl (C=O) groups excluding carboxylic acids is 1. The SMILES string of the molecule is Cc1nc(CCNC(=O)c2cccc(N(C)C)c2)co1. The van der Waals surface area contributed by atoms with Crippen LogP contribution in [-0.2, 0) is 6.42 Å². The normalized spacial score (nSPS) is 10.3. The van der Waals surface area contributed by atoms with Crippen molar-refractivity contribution in [2.24, 2.45) is 0 Å². The molecule has 0 saturated carbocycles. The van der Waals surface area contributed by atoms with E-state index < -0.39 is 0 Å². The summed E-state index contributed by atoms with van der Waals surface area (Å²) in [7, 11) is 3.90. The van der Waals surface area contributed by atoms with E-state index in [9.17, 15) is 4.79 Å². The van der Waals surface area contributed by atoms with Crippen LogP contribution in [0.1, 0.15) is 21.9 Å². The van der Waals surface area contributed by atoms with E-state index in [1.807, 2.05) is 43.3 Å². The van der Waals surface area contributed by atoms with E-state index in [4.69, 9.17) is 4.42 Å².